The zero-order valence-corrected chi connectivity index (χ0v) is 13.2. The number of hydrogen-bond donors (Lipinski definition) is 2. The summed E-state index contributed by atoms with van der Waals surface area (Å²) in [5, 5.41) is 6.84. The molecule has 0 radical (unpaired) electrons. The number of nitrogens with zero attached hydrogens (tertiary/aromatic N) is 2. The third-order valence-corrected chi connectivity index (χ3v) is 4.63. The Hall–Kier alpha value is -1.32. The first kappa shape index (κ1) is 14.6. The molecule has 0 aromatic carbocycles. The Balaban J connectivity index is 1.55. The molecule has 0 aliphatic heterocycles. The molecule has 0 amide bonds. The fraction of sp³-hybridized carbons (Fsp3) is 0.765. The highest BCUT2D eigenvalue weighted by molar-refractivity contribution is 5.48. The summed E-state index contributed by atoms with van der Waals surface area (Å²) in [6.45, 7) is 4.05. The van der Waals surface area contributed by atoms with Gasteiger partial charge < -0.3 is 10.6 Å². The molecule has 4 nitrogen and oxygen atoms in total. The molecule has 0 spiro atoms. The maximum Gasteiger partial charge on any atom is 0.136 e. The second kappa shape index (κ2) is 7.10. The average molecular weight is 288 g/mol. The molecule has 2 aliphatic carbocycles. The average Bonchev–Trinajstić information content (AvgIpc) is 3.33. The lowest BCUT2D eigenvalue weighted by molar-refractivity contribution is 0.345. The summed E-state index contributed by atoms with van der Waals surface area (Å²) < 4.78 is 0. The zero-order valence-electron chi connectivity index (χ0n) is 13.2. The van der Waals surface area contributed by atoms with Gasteiger partial charge in [-0.2, -0.15) is 0 Å². The second-order valence-electron chi connectivity index (χ2n) is 6.52. The Labute approximate surface area is 128 Å². The highest BCUT2D eigenvalue weighted by atomic mass is 15.1. The minimum atomic E-state index is 0.600. The Bertz CT molecular complexity index is 450. The molecule has 21 heavy (non-hydrogen) atoms. The monoisotopic (exact) mass is 288 g/mol. The van der Waals surface area contributed by atoms with Crippen LogP contribution in [0.1, 0.15) is 70.0 Å². The van der Waals surface area contributed by atoms with E-state index in [9.17, 15) is 0 Å². The van der Waals surface area contributed by atoms with Crippen molar-refractivity contribution in [3.63, 3.8) is 0 Å². The van der Waals surface area contributed by atoms with E-state index in [0.717, 1.165) is 36.5 Å². The van der Waals surface area contributed by atoms with E-state index in [0.29, 0.717) is 5.92 Å². The van der Waals surface area contributed by atoms with Crippen LogP contribution in [-0.2, 0) is 0 Å². The van der Waals surface area contributed by atoms with Crippen molar-refractivity contribution in [2.24, 2.45) is 5.92 Å². The number of aromatic nitrogens is 2. The lowest BCUT2D eigenvalue weighted by Gasteiger charge is -2.21. The summed E-state index contributed by atoms with van der Waals surface area (Å²) in [6.07, 6.45) is 10.9. The topological polar surface area (TPSA) is 49.8 Å². The van der Waals surface area contributed by atoms with Crippen LogP contribution < -0.4 is 10.6 Å². The van der Waals surface area contributed by atoms with Gasteiger partial charge in [0.05, 0.1) is 0 Å². The molecule has 1 aromatic heterocycles. The fourth-order valence-corrected chi connectivity index (χ4v) is 3.23. The van der Waals surface area contributed by atoms with Gasteiger partial charge >= 0.3 is 0 Å². The Morgan fingerprint density at radius 2 is 1.71 bits per heavy atom. The van der Waals surface area contributed by atoms with E-state index in [-0.39, 0.29) is 0 Å². The minimum Gasteiger partial charge on any atom is -0.370 e. The molecule has 2 saturated carbocycles. The predicted octanol–water partition coefficient (Wildman–Crippen LogP) is 4.17. The first-order valence-electron chi connectivity index (χ1n) is 8.72. The van der Waals surface area contributed by atoms with Crippen LogP contribution in [0, 0.1) is 5.92 Å². The van der Waals surface area contributed by atoms with Crippen LogP contribution in [0.4, 0.5) is 11.6 Å². The number of hydrogen-bond acceptors (Lipinski definition) is 4. The van der Waals surface area contributed by atoms with E-state index >= 15 is 0 Å². The maximum absolute atomic E-state index is 4.70. The summed E-state index contributed by atoms with van der Waals surface area (Å²) in [5.74, 6) is 4.51. The Morgan fingerprint density at radius 1 is 1.00 bits per heavy atom. The van der Waals surface area contributed by atoms with Crippen LogP contribution in [0.15, 0.2) is 6.07 Å². The third-order valence-electron chi connectivity index (χ3n) is 4.63. The fourth-order valence-electron chi connectivity index (χ4n) is 3.23. The minimum absolute atomic E-state index is 0.600. The summed E-state index contributed by atoms with van der Waals surface area (Å²) in [6, 6.07) is 2.05. The highest BCUT2D eigenvalue weighted by Crippen LogP contribution is 2.38. The Kier molecular flexibility index (Phi) is 4.94. The van der Waals surface area contributed by atoms with Gasteiger partial charge in [0.1, 0.15) is 17.5 Å². The molecule has 116 valence electrons. The van der Waals surface area contributed by atoms with Gasteiger partial charge in [0.25, 0.3) is 0 Å². The lowest BCUT2D eigenvalue weighted by atomic mass is 9.87. The van der Waals surface area contributed by atoms with Crippen LogP contribution in [-0.4, -0.2) is 23.1 Å². The molecular formula is C17H28N4. The molecule has 0 unspecified atom stereocenters. The first-order valence-corrected chi connectivity index (χ1v) is 8.72. The highest BCUT2D eigenvalue weighted by Gasteiger charge is 2.27. The van der Waals surface area contributed by atoms with Crippen LogP contribution in [0.5, 0.6) is 0 Å². The van der Waals surface area contributed by atoms with E-state index < -0.39 is 0 Å². The largest absolute Gasteiger partial charge is 0.370 e. The van der Waals surface area contributed by atoms with E-state index in [4.69, 9.17) is 4.98 Å². The van der Waals surface area contributed by atoms with Crippen molar-refractivity contribution in [2.45, 2.75) is 64.2 Å². The molecule has 1 aromatic rings. The van der Waals surface area contributed by atoms with Gasteiger partial charge in [-0.1, -0.05) is 32.1 Å². The molecule has 3 rings (SSSR count). The normalized spacial score (nSPS) is 19.5. The SMILES string of the molecule is CCNc1cc(NCCC2CCCCC2)nc(C2CC2)n1. The van der Waals surface area contributed by atoms with Crippen molar-refractivity contribution in [3.05, 3.63) is 11.9 Å². The predicted molar refractivity (Wildman–Crippen MR) is 87.9 cm³/mol. The van der Waals surface area contributed by atoms with Crippen LogP contribution in [0.2, 0.25) is 0 Å². The van der Waals surface area contributed by atoms with E-state index in [1.807, 2.05) is 0 Å². The summed E-state index contributed by atoms with van der Waals surface area (Å²) in [4.78, 5) is 9.32. The molecular weight excluding hydrogens is 260 g/mol. The van der Waals surface area contributed by atoms with Gasteiger partial charge in [-0.05, 0) is 32.1 Å². The molecule has 0 bridgehead atoms. The molecule has 0 atom stereocenters. The van der Waals surface area contributed by atoms with Crippen molar-refractivity contribution >= 4 is 11.6 Å². The van der Waals surface area contributed by atoms with Gasteiger partial charge in [-0.3, -0.25) is 0 Å². The third kappa shape index (κ3) is 4.32. The zero-order chi connectivity index (χ0) is 14.5. The van der Waals surface area contributed by atoms with Gasteiger partial charge in [-0.15, -0.1) is 0 Å². The second-order valence-corrected chi connectivity index (χ2v) is 6.52. The quantitative estimate of drug-likeness (QED) is 0.790. The first-order chi connectivity index (χ1) is 10.3. The molecule has 2 aliphatic rings. The summed E-state index contributed by atoms with van der Waals surface area (Å²) in [5.41, 5.74) is 0. The number of anilines is 2. The standard InChI is InChI=1S/C17H28N4/c1-2-18-15-12-16(21-17(20-15)14-8-9-14)19-11-10-13-6-4-3-5-7-13/h12-14H,2-11H2,1H3,(H2,18,19,20,21). The van der Waals surface area contributed by atoms with E-state index in [1.165, 1.54) is 51.4 Å². The van der Waals surface area contributed by atoms with Gasteiger partial charge in [0.2, 0.25) is 0 Å². The van der Waals surface area contributed by atoms with Crippen LogP contribution >= 0.6 is 0 Å². The molecule has 1 heterocycles. The van der Waals surface area contributed by atoms with Crippen molar-refractivity contribution in [2.75, 3.05) is 23.7 Å². The van der Waals surface area contributed by atoms with Crippen LogP contribution in [0.25, 0.3) is 0 Å². The van der Waals surface area contributed by atoms with Crippen molar-refractivity contribution < 1.29 is 0 Å². The van der Waals surface area contributed by atoms with Gasteiger partial charge in [-0.25, -0.2) is 9.97 Å². The smallest absolute Gasteiger partial charge is 0.136 e. The maximum atomic E-state index is 4.70. The summed E-state index contributed by atoms with van der Waals surface area (Å²) in [7, 11) is 0. The molecule has 2 fully saturated rings. The molecule has 2 N–H and O–H groups in total. The van der Waals surface area contributed by atoms with Crippen molar-refractivity contribution in [3.8, 4) is 0 Å². The lowest BCUT2D eigenvalue weighted by Crippen LogP contribution is -2.13. The van der Waals surface area contributed by atoms with Crippen LogP contribution in [0.3, 0.4) is 0 Å². The van der Waals surface area contributed by atoms with Crippen molar-refractivity contribution in [1.82, 2.24) is 9.97 Å². The molecule has 0 saturated heterocycles. The Morgan fingerprint density at radius 3 is 2.38 bits per heavy atom. The van der Waals surface area contributed by atoms with Gasteiger partial charge in [0, 0.05) is 25.1 Å². The number of rotatable bonds is 7. The van der Waals surface area contributed by atoms with E-state index in [1.54, 1.807) is 0 Å². The van der Waals surface area contributed by atoms with Gasteiger partial charge in [0.15, 0.2) is 0 Å². The number of nitrogens with one attached hydrogen (secondary N) is 2. The summed E-state index contributed by atoms with van der Waals surface area (Å²) >= 11 is 0. The van der Waals surface area contributed by atoms with E-state index in [2.05, 4.69) is 28.6 Å². The molecule has 4 heteroatoms. The van der Waals surface area contributed by atoms with Crippen molar-refractivity contribution in [1.29, 1.82) is 0 Å².